The summed E-state index contributed by atoms with van der Waals surface area (Å²) < 4.78 is 5.80. The molecule has 1 fully saturated rings. The van der Waals surface area contributed by atoms with Gasteiger partial charge in [-0.05, 0) is 90.2 Å². The molecule has 7 nitrogen and oxygen atoms in total. The highest BCUT2D eigenvalue weighted by Crippen LogP contribution is 2.40. The van der Waals surface area contributed by atoms with Crippen LogP contribution < -0.4 is 9.64 Å². The van der Waals surface area contributed by atoms with E-state index >= 15 is 0 Å². The summed E-state index contributed by atoms with van der Waals surface area (Å²) in [4.78, 5) is 37.6. The predicted octanol–water partition coefficient (Wildman–Crippen LogP) is 6.60. The van der Waals surface area contributed by atoms with Crippen molar-refractivity contribution in [2.24, 2.45) is 23.2 Å². The van der Waals surface area contributed by atoms with Crippen molar-refractivity contribution >= 4 is 28.9 Å². The molecule has 2 aliphatic carbocycles. The second-order valence-electron chi connectivity index (χ2n) is 11.9. The number of hydrogen-bond acceptors (Lipinski definition) is 6. The summed E-state index contributed by atoms with van der Waals surface area (Å²) in [5.41, 5.74) is 1.59. The molecule has 1 saturated carbocycles. The molecular formula is C31H39N3O4S. The van der Waals surface area contributed by atoms with E-state index in [4.69, 9.17) is 4.74 Å². The number of hydrogen-bond donors (Lipinski definition) is 1. The van der Waals surface area contributed by atoms with Crippen LogP contribution in [0, 0.1) is 35.0 Å². The Morgan fingerprint density at radius 2 is 1.87 bits per heavy atom. The standard InChI is InChI=1S/C31H39N3O4S/c1-20-7-12-25(21(2)17-20)28(35)34(26-18-24(13-14-31(3,4)5)39-27(26)29(36)37)23-10-8-22(9-11-23)19-38-30-32-15-6-16-33-30/h6-7,15-16,18,21-23,25H,8-12,17,19H2,1-5H3,(H,36,37). The normalized spacial score (nSPS) is 23.3. The minimum atomic E-state index is -1.02. The molecule has 2 heterocycles. The minimum Gasteiger partial charge on any atom is -0.477 e. The van der Waals surface area contributed by atoms with Crippen molar-refractivity contribution < 1.29 is 19.4 Å². The van der Waals surface area contributed by atoms with Crippen LogP contribution in [0.2, 0.25) is 0 Å². The first kappa shape index (κ1) is 28.8. The number of amides is 1. The Balaban J connectivity index is 1.60. The molecule has 0 aromatic carbocycles. The summed E-state index contributed by atoms with van der Waals surface area (Å²) in [5.74, 6) is 5.73. The quantitative estimate of drug-likeness (QED) is 0.309. The van der Waals surface area contributed by atoms with E-state index < -0.39 is 5.97 Å². The van der Waals surface area contributed by atoms with Gasteiger partial charge in [-0.2, -0.15) is 0 Å². The minimum absolute atomic E-state index is 0.0271. The number of aromatic nitrogens is 2. The number of ether oxygens (including phenoxy) is 1. The Labute approximate surface area is 235 Å². The van der Waals surface area contributed by atoms with Crippen molar-refractivity contribution in [3.8, 4) is 17.9 Å². The first-order chi connectivity index (χ1) is 18.5. The summed E-state index contributed by atoms with van der Waals surface area (Å²) in [5, 5.41) is 10.1. The second-order valence-corrected chi connectivity index (χ2v) is 13.0. The van der Waals surface area contributed by atoms with Gasteiger partial charge in [0.25, 0.3) is 0 Å². The molecule has 2 aromatic rings. The van der Waals surface area contributed by atoms with Crippen LogP contribution in [-0.4, -0.2) is 39.6 Å². The first-order valence-corrected chi connectivity index (χ1v) is 14.6. The third kappa shape index (κ3) is 7.48. The highest BCUT2D eigenvalue weighted by atomic mass is 32.1. The van der Waals surface area contributed by atoms with E-state index in [1.807, 2.05) is 31.7 Å². The molecular weight excluding hydrogens is 510 g/mol. The number of carboxylic acids is 1. The lowest BCUT2D eigenvalue weighted by molar-refractivity contribution is -0.124. The van der Waals surface area contributed by atoms with E-state index in [0.717, 1.165) is 43.4 Å². The maximum Gasteiger partial charge on any atom is 0.348 e. The molecule has 8 heteroatoms. The number of anilines is 1. The monoisotopic (exact) mass is 549 g/mol. The van der Waals surface area contributed by atoms with Gasteiger partial charge in [-0.15, -0.1) is 11.3 Å². The van der Waals surface area contributed by atoms with Gasteiger partial charge in [0.05, 0.1) is 17.2 Å². The molecule has 0 spiro atoms. The van der Waals surface area contributed by atoms with E-state index in [0.29, 0.717) is 35.5 Å². The number of rotatable bonds is 7. The molecule has 2 aromatic heterocycles. The Morgan fingerprint density at radius 1 is 1.18 bits per heavy atom. The average Bonchev–Trinajstić information content (AvgIpc) is 3.31. The van der Waals surface area contributed by atoms with Crippen LogP contribution in [0.15, 0.2) is 36.2 Å². The van der Waals surface area contributed by atoms with Crippen molar-refractivity contribution in [3.63, 3.8) is 0 Å². The molecule has 1 amide bonds. The Bertz CT molecular complexity index is 1260. The van der Waals surface area contributed by atoms with Gasteiger partial charge in [-0.3, -0.25) is 4.79 Å². The van der Waals surface area contributed by atoms with Gasteiger partial charge in [0.2, 0.25) is 5.91 Å². The van der Waals surface area contributed by atoms with E-state index in [2.05, 4.69) is 41.7 Å². The molecule has 2 aliphatic rings. The summed E-state index contributed by atoms with van der Waals surface area (Å²) >= 11 is 1.16. The van der Waals surface area contributed by atoms with Gasteiger partial charge < -0.3 is 14.7 Å². The van der Waals surface area contributed by atoms with Crippen molar-refractivity contribution in [3.05, 3.63) is 45.9 Å². The summed E-state index contributed by atoms with van der Waals surface area (Å²) in [7, 11) is 0. The third-order valence-electron chi connectivity index (χ3n) is 7.50. The zero-order chi connectivity index (χ0) is 28.2. The van der Waals surface area contributed by atoms with Gasteiger partial charge in [0, 0.05) is 29.8 Å². The number of allylic oxidation sites excluding steroid dienone is 2. The number of nitrogens with zero attached hydrogens (tertiary/aromatic N) is 3. The Kier molecular flexibility index (Phi) is 9.12. The molecule has 39 heavy (non-hydrogen) atoms. The van der Waals surface area contributed by atoms with Crippen LogP contribution in [0.5, 0.6) is 6.01 Å². The third-order valence-corrected chi connectivity index (χ3v) is 8.53. The number of thiophene rings is 1. The smallest absolute Gasteiger partial charge is 0.348 e. The molecule has 2 unspecified atom stereocenters. The molecule has 0 radical (unpaired) electrons. The van der Waals surface area contributed by atoms with Crippen LogP contribution in [0.4, 0.5) is 5.69 Å². The second kappa shape index (κ2) is 12.3. The molecule has 2 atom stereocenters. The highest BCUT2D eigenvalue weighted by molar-refractivity contribution is 7.15. The Morgan fingerprint density at radius 3 is 2.49 bits per heavy atom. The zero-order valence-corrected chi connectivity index (χ0v) is 24.4. The fraction of sp³-hybridized carbons (Fsp3) is 0.548. The SMILES string of the molecule is CC1=CCC(C(=O)N(c2cc(C#CC(C)(C)C)sc2C(=O)O)C2CCC(COc3ncccn3)CC2)C(C)C1. The lowest BCUT2D eigenvalue weighted by Gasteiger charge is -2.40. The van der Waals surface area contributed by atoms with Gasteiger partial charge in [0.15, 0.2) is 0 Å². The van der Waals surface area contributed by atoms with Crippen LogP contribution in [0.1, 0.15) is 87.7 Å². The maximum atomic E-state index is 14.2. The van der Waals surface area contributed by atoms with Gasteiger partial charge in [-0.1, -0.05) is 30.4 Å². The Hall–Kier alpha value is -3.18. The zero-order valence-electron chi connectivity index (χ0n) is 23.6. The molecule has 0 bridgehead atoms. The lowest BCUT2D eigenvalue weighted by atomic mass is 9.79. The van der Waals surface area contributed by atoms with Crippen molar-refractivity contribution in [2.45, 2.75) is 79.2 Å². The van der Waals surface area contributed by atoms with Crippen LogP contribution in [0.25, 0.3) is 0 Å². The fourth-order valence-corrected chi connectivity index (χ4v) is 6.30. The van der Waals surface area contributed by atoms with Gasteiger partial charge in [0.1, 0.15) is 4.88 Å². The lowest BCUT2D eigenvalue weighted by Crippen LogP contribution is -2.47. The van der Waals surface area contributed by atoms with E-state index in [9.17, 15) is 14.7 Å². The maximum absolute atomic E-state index is 14.2. The number of carbonyl (C=O) groups is 2. The first-order valence-electron chi connectivity index (χ1n) is 13.8. The van der Waals surface area contributed by atoms with E-state index in [1.54, 1.807) is 18.5 Å². The fourth-order valence-electron chi connectivity index (χ4n) is 5.46. The molecule has 1 N–H and O–H groups in total. The van der Waals surface area contributed by atoms with Crippen molar-refractivity contribution in [1.82, 2.24) is 9.97 Å². The molecule has 0 saturated heterocycles. The van der Waals surface area contributed by atoms with Crippen molar-refractivity contribution in [1.29, 1.82) is 0 Å². The number of aromatic carboxylic acids is 1. The highest BCUT2D eigenvalue weighted by Gasteiger charge is 2.38. The van der Waals surface area contributed by atoms with Crippen LogP contribution >= 0.6 is 11.3 Å². The van der Waals surface area contributed by atoms with Crippen molar-refractivity contribution in [2.75, 3.05) is 11.5 Å². The van der Waals surface area contributed by atoms with Crippen LogP contribution in [-0.2, 0) is 4.79 Å². The summed E-state index contributed by atoms with van der Waals surface area (Å²) in [6.45, 7) is 10.8. The largest absolute Gasteiger partial charge is 0.477 e. The average molecular weight is 550 g/mol. The number of carbonyl (C=O) groups excluding carboxylic acids is 1. The predicted molar refractivity (Wildman–Crippen MR) is 154 cm³/mol. The number of carboxylic acid groups (broad SMARTS) is 1. The van der Waals surface area contributed by atoms with Crippen LogP contribution in [0.3, 0.4) is 0 Å². The molecule has 0 aliphatic heterocycles. The summed E-state index contributed by atoms with van der Waals surface area (Å²) in [6, 6.07) is 3.88. The van der Waals surface area contributed by atoms with Gasteiger partial charge >= 0.3 is 12.0 Å². The van der Waals surface area contributed by atoms with E-state index in [-0.39, 0.29) is 34.1 Å². The summed E-state index contributed by atoms with van der Waals surface area (Å²) in [6.07, 6.45) is 10.4. The molecule has 4 rings (SSSR count). The molecule has 208 valence electrons. The van der Waals surface area contributed by atoms with E-state index in [1.165, 1.54) is 5.57 Å². The topological polar surface area (TPSA) is 92.6 Å². The van der Waals surface area contributed by atoms with Gasteiger partial charge in [-0.25, -0.2) is 14.8 Å².